The smallest absolute Gasteiger partial charge is 0.160 e. The van der Waals surface area contributed by atoms with Gasteiger partial charge in [0.25, 0.3) is 0 Å². The standard InChI is InChI=1S/C26H25NO3/c1-29-23-12-8-20(9-13-23)25-16-22(28)17-26(21-10-14-24(30-2)15-11-21)27(25)18-19-6-4-3-5-7-19/h3-16,26H,17-18H2,1-2H3. The summed E-state index contributed by atoms with van der Waals surface area (Å²) in [5.41, 5.74) is 4.22. The van der Waals surface area contributed by atoms with Crippen molar-refractivity contribution in [2.24, 2.45) is 0 Å². The van der Waals surface area contributed by atoms with Crippen LogP contribution in [-0.2, 0) is 11.3 Å². The molecule has 4 heteroatoms. The monoisotopic (exact) mass is 399 g/mol. The second-order valence-corrected chi connectivity index (χ2v) is 7.33. The zero-order valence-electron chi connectivity index (χ0n) is 17.2. The third-order valence-corrected chi connectivity index (χ3v) is 5.46. The lowest BCUT2D eigenvalue weighted by Gasteiger charge is -2.38. The molecule has 0 fully saturated rings. The highest BCUT2D eigenvalue weighted by atomic mass is 16.5. The SMILES string of the molecule is COc1ccc(C2=CC(=O)CC(c3ccc(OC)cc3)N2Cc2ccccc2)cc1. The number of methoxy groups -OCH3 is 2. The van der Waals surface area contributed by atoms with E-state index in [0.29, 0.717) is 13.0 Å². The van der Waals surface area contributed by atoms with Gasteiger partial charge in [0.1, 0.15) is 11.5 Å². The molecule has 0 bridgehead atoms. The van der Waals surface area contributed by atoms with Crippen molar-refractivity contribution in [3.63, 3.8) is 0 Å². The molecule has 0 radical (unpaired) electrons. The number of ether oxygens (including phenoxy) is 2. The van der Waals surface area contributed by atoms with Crippen LogP contribution in [0.2, 0.25) is 0 Å². The van der Waals surface area contributed by atoms with E-state index in [1.807, 2.05) is 66.7 Å². The highest BCUT2D eigenvalue weighted by Gasteiger charge is 2.30. The van der Waals surface area contributed by atoms with Gasteiger partial charge >= 0.3 is 0 Å². The first-order valence-electron chi connectivity index (χ1n) is 10.0. The molecule has 1 aliphatic rings. The molecule has 0 aromatic heterocycles. The van der Waals surface area contributed by atoms with Crippen LogP contribution < -0.4 is 9.47 Å². The molecular formula is C26H25NO3. The van der Waals surface area contributed by atoms with Crippen molar-refractivity contribution in [1.29, 1.82) is 0 Å². The molecule has 30 heavy (non-hydrogen) atoms. The van der Waals surface area contributed by atoms with Gasteiger partial charge in [-0.3, -0.25) is 4.79 Å². The van der Waals surface area contributed by atoms with Crippen LogP contribution in [0.25, 0.3) is 5.70 Å². The first-order chi connectivity index (χ1) is 14.7. The third-order valence-electron chi connectivity index (χ3n) is 5.46. The Balaban J connectivity index is 1.76. The van der Waals surface area contributed by atoms with Crippen molar-refractivity contribution in [3.8, 4) is 11.5 Å². The minimum atomic E-state index is -0.0503. The maximum Gasteiger partial charge on any atom is 0.160 e. The van der Waals surface area contributed by atoms with Gasteiger partial charge in [0.05, 0.1) is 20.3 Å². The van der Waals surface area contributed by atoms with Gasteiger partial charge < -0.3 is 14.4 Å². The summed E-state index contributed by atoms with van der Waals surface area (Å²) in [4.78, 5) is 15.0. The van der Waals surface area contributed by atoms with Crippen molar-refractivity contribution in [3.05, 3.63) is 102 Å². The van der Waals surface area contributed by atoms with E-state index in [2.05, 4.69) is 17.0 Å². The van der Waals surface area contributed by atoms with E-state index in [-0.39, 0.29) is 11.8 Å². The van der Waals surface area contributed by atoms with Gasteiger partial charge in [-0.05, 0) is 53.1 Å². The van der Waals surface area contributed by atoms with Gasteiger partial charge in [0.15, 0.2) is 5.78 Å². The fourth-order valence-electron chi connectivity index (χ4n) is 3.87. The molecule has 0 saturated heterocycles. The summed E-state index contributed by atoms with van der Waals surface area (Å²) in [6.07, 6.45) is 2.21. The molecule has 0 N–H and O–H groups in total. The molecule has 0 aliphatic carbocycles. The Morgan fingerprint density at radius 3 is 2.03 bits per heavy atom. The fourth-order valence-corrected chi connectivity index (χ4v) is 3.87. The zero-order valence-corrected chi connectivity index (χ0v) is 17.2. The Hall–Kier alpha value is -3.53. The minimum absolute atomic E-state index is 0.0503. The fraction of sp³-hybridized carbons (Fsp3) is 0.192. The van der Waals surface area contributed by atoms with Gasteiger partial charge in [0.2, 0.25) is 0 Å². The molecule has 4 nitrogen and oxygen atoms in total. The molecule has 1 atom stereocenters. The van der Waals surface area contributed by atoms with Gasteiger partial charge in [-0.25, -0.2) is 0 Å². The topological polar surface area (TPSA) is 38.8 Å². The first kappa shape index (κ1) is 19.8. The molecule has 3 aromatic carbocycles. The molecule has 0 saturated carbocycles. The summed E-state index contributed by atoms with van der Waals surface area (Å²) in [5.74, 6) is 1.73. The van der Waals surface area contributed by atoms with E-state index < -0.39 is 0 Å². The van der Waals surface area contributed by atoms with Crippen LogP contribution in [0, 0.1) is 0 Å². The number of ketones is 1. The number of hydrogen-bond acceptors (Lipinski definition) is 4. The second kappa shape index (κ2) is 8.87. The maximum absolute atomic E-state index is 12.7. The van der Waals surface area contributed by atoms with Gasteiger partial charge in [-0.1, -0.05) is 42.5 Å². The predicted octanol–water partition coefficient (Wildman–Crippen LogP) is 5.26. The van der Waals surface area contributed by atoms with Crippen LogP contribution in [0.15, 0.2) is 84.9 Å². The Bertz CT molecular complexity index is 1020. The van der Waals surface area contributed by atoms with Gasteiger partial charge in [-0.15, -0.1) is 0 Å². The number of benzene rings is 3. The molecule has 1 aliphatic heterocycles. The van der Waals surface area contributed by atoms with Crippen LogP contribution in [0.5, 0.6) is 11.5 Å². The van der Waals surface area contributed by atoms with E-state index >= 15 is 0 Å². The highest BCUT2D eigenvalue weighted by Crippen LogP contribution is 2.38. The van der Waals surface area contributed by atoms with Crippen LogP contribution in [0.3, 0.4) is 0 Å². The summed E-state index contributed by atoms with van der Waals surface area (Å²) in [7, 11) is 3.31. The first-order valence-corrected chi connectivity index (χ1v) is 10.0. The number of nitrogens with zero attached hydrogens (tertiary/aromatic N) is 1. The maximum atomic E-state index is 12.7. The summed E-state index contributed by atoms with van der Waals surface area (Å²) in [6.45, 7) is 0.711. The molecule has 152 valence electrons. The van der Waals surface area contributed by atoms with Crippen LogP contribution in [-0.4, -0.2) is 24.9 Å². The van der Waals surface area contributed by atoms with Crippen LogP contribution >= 0.6 is 0 Å². The number of hydrogen-bond donors (Lipinski definition) is 0. The van der Waals surface area contributed by atoms with Crippen LogP contribution in [0.4, 0.5) is 0 Å². The van der Waals surface area contributed by atoms with E-state index in [4.69, 9.17) is 9.47 Å². The Morgan fingerprint density at radius 2 is 1.43 bits per heavy atom. The normalized spacial score (nSPS) is 16.2. The Labute approximate surface area is 177 Å². The summed E-state index contributed by atoms with van der Waals surface area (Å²) >= 11 is 0. The number of allylic oxidation sites excluding steroid dienone is 1. The molecule has 1 heterocycles. The van der Waals surface area contributed by atoms with Crippen molar-refractivity contribution in [2.45, 2.75) is 19.0 Å². The van der Waals surface area contributed by atoms with E-state index in [1.54, 1.807) is 20.3 Å². The van der Waals surface area contributed by atoms with Crippen LogP contribution in [0.1, 0.15) is 29.2 Å². The number of rotatable bonds is 6. The molecule has 1 unspecified atom stereocenters. The van der Waals surface area contributed by atoms with E-state index in [9.17, 15) is 4.79 Å². The summed E-state index contributed by atoms with van der Waals surface area (Å²) in [6, 6.07) is 26.2. The average molecular weight is 399 g/mol. The molecule has 0 spiro atoms. The highest BCUT2D eigenvalue weighted by molar-refractivity contribution is 5.98. The number of carbonyl (C=O) groups is 1. The average Bonchev–Trinajstić information content (AvgIpc) is 2.81. The van der Waals surface area contributed by atoms with E-state index in [1.165, 1.54) is 5.56 Å². The zero-order chi connectivity index (χ0) is 20.9. The second-order valence-electron chi connectivity index (χ2n) is 7.33. The van der Waals surface area contributed by atoms with Gasteiger partial charge in [-0.2, -0.15) is 0 Å². The predicted molar refractivity (Wildman–Crippen MR) is 118 cm³/mol. The lowest BCUT2D eigenvalue weighted by Crippen LogP contribution is -2.32. The van der Waals surface area contributed by atoms with Crippen molar-refractivity contribution >= 4 is 11.5 Å². The molecule has 0 amide bonds. The molecular weight excluding hydrogens is 374 g/mol. The molecule has 3 aromatic rings. The van der Waals surface area contributed by atoms with Crippen molar-refractivity contribution in [1.82, 2.24) is 4.90 Å². The molecule has 4 rings (SSSR count). The summed E-state index contributed by atoms with van der Waals surface area (Å²) < 4.78 is 10.6. The van der Waals surface area contributed by atoms with Crippen molar-refractivity contribution < 1.29 is 14.3 Å². The lowest BCUT2D eigenvalue weighted by molar-refractivity contribution is -0.116. The largest absolute Gasteiger partial charge is 0.497 e. The summed E-state index contributed by atoms with van der Waals surface area (Å²) in [5, 5.41) is 0. The lowest BCUT2D eigenvalue weighted by atomic mass is 9.92. The third kappa shape index (κ3) is 4.23. The van der Waals surface area contributed by atoms with E-state index in [0.717, 1.165) is 28.3 Å². The van der Waals surface area contributed by atoms with Crippen molar-refractivity contribution in [2.75, 3.05) is 14.2 Å². The minimum Gasteiger partial charge on any atom is -0.497 e. The Morgan fingerprint density at radius 1 is 0.833 bits per heavy atom. The Kier molecular flexibility index (Phi) is 5.84. The quantitative estimate of drug-likeness (QED) is 0.567. The number of carbonyl (C=O) groups excluding carboxylic acids is 1. The van der Waals surface area contributed by atoms with Gasteiger partial charge in [0, 0.05) is 24.7 Å².